The highest BCUT2D eigenvalue weighted by Gasteiger charge is 2.15. The first-order valence-corrected chi connectivity index (χ1v) is 4.53. The molecule has 0 saturated heterocycles. The lowest BCUT2D eigenvalue weighted by atomic mass is 10.1. The monoisotopic (exact) mass is 247 g/mol. The Bertz CT molecular complexity index is 321. The molecule has 4 nitrogen and oxygen atoms in total. The Morgan fingerprint density at radius 1 is 1.85 bits per heavy atom. The molecule has 1 aromatic heterocycles. The van der Waals surface area contributed by atoms with Gasteiger partial charge < -0.3 is 15.3 Å². The molecule has 1 aromatic rings. The molecule has 0 fully saturated rings. The fourth-order valence-electron chi connectivity index (χ4n) is 1.00. The van der Waals surface area contributed by atoms with E-state index in [2.05, 4.69) is 15.9 Å². The van der Waals surface area contributed by atoms with Crippen molar-refractivity contribution < 1.29 is 14.3 Å². The molecule has 0 aromatic carbocycles. The molecule has 0 radical (unpaired) electrons. The lowest BCUT2D eigenvalue weighted by Gasteiger charge is -2.03. The molecule has 0 saturated carbocycles. The minimum absolute atomic E-state index is 0.271. The number of halogens is 1. The molecule has 3 N–H and O–H groups in total. The third-order valence-electron chi connectivity index (χ3n) is 1.64. The van der Waals surface area contributed by atoms with Crippen LogP contribution >= 0.6 is 15.9 Å². The van der Waals surface area contributed by atoms with Crippen LogP contribution in [0, 0.1) is 6.92 Å². The van der Waals surface area contributed by atoms with Gasteiger partial charge in [0.05, 0.1) is 0 Å². The summed E-state index contributed by atoms with van der Waals surface area (Å²) in [4.78, 5) is 10.5. The highest BCUT2D eigenvalue weighted by atomic mass is 79.9. The Morgan fingerprint density at radius 3 is 2.85 bits per heavy atom. The number of hydrogen-bond donors (Lipinski definition) is 2. The zero-order valence-corrected chi connectivity index (χ0v) is 8.67. The molecular weight excluding hydrogens is 238 g/mol. The first-order chi connectivity index (χ1) is 6.00. The second kappa shape index (κ2) is 3.93. The van der Waals surface area contributed by atoms with E-state index in [0.29, 0.717) is 4.67 Å². The van der Waals surface area contributed by atoms with Crippen LogP contribution in [0.1, 0.15) is 11.3 Å². The van der Waals surface area contributed by atoms with Crippen molar-refractivity contribution in [2.75, 3.05) is 0 Å². The molecule has 5 heteroatoms. The fraction of sp³-hybridized carbons (Fsp3) is 0.375. The number of carbonyl (C=O) groups is 1. The van der Waals surface area contributed by atoms with Crippen LogP contribution in [0.2, 0.25) is 0 Å². The van der Waals surface area contributed by atoms with Crippen molar-refractivity contribution in [1.82, 2.24) is 0 Å². The van der Waals surface area contributed by atoms with Gasteiger partial charge in [0.2, 0.25) is 0 Å². The largest absolute Gasteiger partial charge is 0.480 e. The van der Waals surface area contributed by atoms with Crippen LogP contribution in [0.3, 0.4) is 0 Å². The maximum atomic E-state index is 10.5. The van der Waals surface area contributed by atoms with E-state index in [9.17, 15) is 4.79 Å². The van der Waals surface area contributed by atoms with Crippen LogP contribution < -0.4 is 5.73 Å². The standard InChI is InChI=1S/C8H10BrNO3/c1-4-2-5(7(9)13-4)3-6(10)8(11)12/h2,6H,3,10H2,1H3,(H,11,12). The summed E-state index contributed by atoms with van der Waals surface area (Å²) in [5, 5.41) is 8.57. The maximum absolute atomic E-state index is 10.5. The highest BCUT2D eigenvalue weighted by Crippen LogP contribution is 2.21. The summed E-state index contributed by atoms with van der Waals surface area (Å²) < 4.78 is 5.72. The Kier molecular flexibility index (Phi) is 3.11. The minimum atomic E-state index is -1.01. The van der Waals surface area contributed by atoms with Gasteiger partial charge in [-0.15, -0.1) is 0 Å². The van der Waals surface area contributed by atoms with E-state index in [1.807, 2.05) is 0 Å². The molecule has 0 spiro atoms. The quantitative estimate of drug-likeness (QED) is 0.845. The van der Waals surface area contributed by atoms with Gasteiger partial charge in [0, 0.05) is 12.0 Å². The lowest BCUT2D eigenvalue weighted by Crippen LogP contribution is -2.32. The summed E-state index contributed by atoms with van der Waals surface area (Å²) in [6.07, 6.45) is 0.271. The van der Waals surface area contributed by atoms with Crippen LogP contribution in [0.5, 0.6) is 0 Å². The predicted octanol–water partition coefficient (Wildman–Crippen LogP) is 1.30. The SMILES string of the molecule is Cc1cc(CC(N)C(=O)O)c(Br)o1. The van der Waals surface area contributed by atoms with Crippen molar-refractivity contribution in [3.05, 3.63) is 22.1 Å². The van der Waals surface area contributed by atoms with Gasteiger partial charge in [-0.05, 0) is 28.9 Å². The van der Waals surface area contributed by atoms with Gasteiger partial charge in [0.1, 0.15) is 11.8 Å². The van der Waals surface area contributed by atoms with E-state index in [4.69, 9.17) is 15.3 Å². The van der Waals surface area contributed by atoms with E-state index < -0.39 is 12.0 Å². The third kappa shape index (κ3) is 2.57. The zero-order valence-electron chi connectivity index (χ0n) is 7.08. The van der Waals surface area contributed by atoms with Crippen LogP contribution in [0.25, 0.3) is 0 Å². The van der Waals surface area contributed by atoms with E-state index in [0.717, 1.165) is 11.3 Å². The number of nitrogens with two attached hydrogens (primary N) is 1. The Balaban J connectivity index is 2.74. The molecule has 1 atom stereocenters. The second-order valence-electron chi connectivity index (χ2n) is 2.80. The van der Waals surface area contributed by atoms with Gasteiger partial charge in [-0.3, -0.25) is 4.79 Å². The van der Waals surface area contributed by atoms with Crippen molar-refractivity contribution in [3.63, 3.8) is 0 Å². The number of hydrogen-bond acceptors (Lipinski definition) is 3. The summed E-state index contributed by atoms with van der Waals surface area (Å²) >= 11 is 3.18. The molecule has 13 heavy (non-hydrogen) atoms. The van der Waals surface area contributed by atoms with Gasteiger partial charge in [0.25, 0.3) is 0 Å². The highest BCUT2D eigenvalue weighted by molar-refractivity contribution is 9.10. The van der Waals surface area contributed by atoms with Crippen molar-refractivity contribution in [3.8, 4) is 0 Å². The molecule has 0 bridgehead atoms. The van der Waals surface area contributed by atoms with Gasteiger partial charge in [-0.2, -0.15) is 0 Å². The summed E-state index contributed by atoms with van der Waals surface area (Å²) in [6, 6.07) is 0.890. The number of furan rings is 1. The Labute approximate surface area is 83.8 Å². The second-order valence-corrected chi connectivity index (χ2v) is 3.53. The van der Waals surface area contributed by atoms with Crippen molar-refractivity contribution in [1.29, 1.82) is 0 Å². The predicted molar refractivity (Wildman–Crippen MR) is 50.5 cm³/mol. The first-order valence-electron chi connectivity index (χ1n) is 3.74. The first kappa shape index (κ1) is 10.3. The number of aliphatic carboxylic acids is 1. The molecule has 0 amide bonds. The normalized spacial score (nSPS) is 12.8. The van der Waals surface area contributed by atoms with Gasteiger partial charge in [0.15, 0.2) is 4.67 Å². The third-order valence-corrected chi connectivity index (χ3v) is 2.31. The molecule has 1 unspecified atom stereocenters. The number of carboxylic acid groups (broad SMARTS) is 1. The van der Waals surface area contributed by atoms with Crippen LogP contribution in [-0.4, -0.2) is 17.1 Å². The van der Waals surface area contributed by atoms with Crippen molar-refractivity contribution in [2.45, 2.75) is 19.4 Å². The fourth-order valence-corrected chi connectivity index (χ4v) is 1.53. The van der Waals surface area contributed by atoms with Crippen LogP contribution in [-0.2, 0) is 11.2 Å². The van der Waals surface area contributed by atoms with Gasteiger partial charge in [-0.1, -0.05) is 0 Å². The zero-order chi connectivity index (χ0) is 10.0. The number of carboxylic acids is 1. The van der Waals surface area contributed by atoms with E-state index in [-0.39, 0.29) is 6.42 Å². The number of aryl methyl sites for hydroxylation is 1. The van der Waals surface area contributed by atoms with E-state index in [1.165, 1.54) is 0 Å². The minimum Gasteiger partial charge on any atom is -0.480 e. The molecule has 1 rings (SSSR count). The molecule has 1 heterocycles. The van der Waals surface area contributed by atoms with Crippen LogP contribution in [0.4, 0.5) is 0 Å². The summed E-state index contributed by atoms with van der Waals surface area (Å²) in [5.74, 6) is -0.273. The average Bonchev–Trinajstić information content (AvgIpc) is 2.30. The smallest absolute Gasteiger partial charge is 0.320 e. The molecule has 0 aliphatic rings. The summed E-state index contributed by atoms with van der Waals surface area (Å²) in [7, 11) is 0. The Hall–Kier alpha value is -0.810. The van der Waals surface area contributed by atoms with Gasteiger partial charge in [-0.25, -0.2) is 0 Å². The molecular formula is C8H10BrNO3. The molecule has 72 valence electrons. The number of rotatable bonds is 3. The molecule has 0 aliphatic carbocycles. The molecule has 0 aliphatic heterocycles. The van der Waals surface area contributed by atoms with Crippen molar-refractivity contribution >= 4 is 21.9 Å². The maximum Gasteiger partial charge on any atom is 0.320 e. The van der Waals surface area contributed by atoms with Gasteiger partial charge >= 0.3 is 5.97 Å². The average molecular weight is 248 g/mol. The van der Waals surface area contributed by atoms with Crippen molar-refractivity contribution in [2.24, 2.45) is 5.73 Å². The van der Waals surface area contributed by atoms with Crippen LogP contribution in [0.15, 0.2) is 15.2 Å². The Morgan fingerprint density at radius 2 is 2.46 bits per heavy atom. The summed E-state index contributed by atoms with van der Waals surface area (Å²) in [5.41, 5.74) is 6.15. The van der Waals surface area contributed by atoms with E-state index >= 15 is 0 Å². The summed E-state index contributed by atoms with van der Waals surface area (Å²) in [6.45, 7) is 1.79. The topological polar surface area (TPSA) is 76.5 Å². The lowest BCUT2D eigenvalue weighted by molar-refractivity contribution is -0.138. The van der Waals surface area contributed by atoms with E-state index in [1.54, 1.807) is 13.0 Å².